The van der Waals surface area contributed by atoms with Gasteiger partial charge in [-0.3, -0.25) is 4.79 Å². The van der Waals surface area contributed by atoms with Crippen LogP contribution in [0.2, 0.25) is 0 Å². The molecule has 0 saturated carbocycles. The first kappa shape index (κ1) is 11.8. The van der Waals surface area contributed by atoms with Gasteiger partial charge in [0.15, 0.2) is 0 Å². The topological polar surface area (TPSA) is 100 Å². The zero-order valence-electron chi connectivity index (χ0n) is 7.94. The Kier molecular flexibility index (Phi) is 3.35. The molecule has 0 atom stereocenters. The standard InChI is InChI=1S/C9H7F2N3O2/c10-9(11)8-5(13)1-4(2-7(15)16)6(3-12)14-8/h1,9H,2,13H2,(H,15,16). The zero-order chi connectivity index (χ0) is 12.3. The highest BCUT2D eigenvalue weighted by Crippen LogP contribution is 2.25. The molecule has 16 heavy (non-hydrogen) atoms. The molecule has 0 aliphatic rings. The molecule has 0 aromatic carbocycles. The van der Waals surface area contributed by atoms with Crippen molar-refractivity contribution >= 4 is 11.7 Å². The van der Waals surface area contributed by atoms with Crippen LogP contribution < -0.4 is 5.73 Å². The highest BCUT2D eigenvalue weighted by molar-refractivity contribution is 5.71. The van der Waals surface area contributed by atoms with E-state index in [1.54, 1.807) is 6.07 Å². The maximum absolute atomic E-state index is 12.4. The van der Waals surface area contributed by atoms with E-state index in [1.165, 1.54) is 0 Å². The Morgan fingerprint density at radius 1 is 1.69 bits per heavy atom. The molecular formula is C9H7F2N3O2. The van der Waals surface area contributed by atoms with E-state index >= 15 is 0 Å². The number of hydrogen-bond donors (Lipinski definition) is 2. The minimum atomic E-state index is -2.90. The van der Waals surface area contributed by atoms with Crippen LogP contribution in [0.3, 0.4) is 0 Å². The van der Waals surface area contributed by atoms with E-state index in [-0.39, 0.29) is 16.9 Å². The maximum atomic E-state index is 12.4. The van der Waals surface area contributed by atoms with E-state index < -0.39 is 24.5 Å². The van der Waals surface area contributed by atoms with Crippen LogP contribution in [0, 0.1) is 11.3 Å². The summed E-state index contributed by atoms with van der Waals surface area (Å²) >= 11 is 0. The summed E-state index contributed by atoms with van der Waals surface area (Å²) in [4.78, 5) is 13.8. The van der Waals surface area contributed by atoms with E-state index in [4.69, 9.17) is 16.1 Å². The molecule has 84 valence electrons. The Labute approximate surface area is 89.1 Å². The fraction of sp³-hybridized carbons (Fsp3) is 0.222. The molecule has 1 aromatic heterocycles. The van der Waals surface area contributed by atoms with Gasteiger partial charge in [-0.15, -0.1) is 0 Å². The number of carboxylic acids is 1. The average molecular weight is 227 g/mol. The molecule has 0 amide bonds. The molecule has 7 heteroatoms. The van der Waals surface area contributed by atoms with E-state index in [9.17, 15) is 13.6 Å². The van der Waals surface area contributed by atoms with Gasteiger partial charge in [0, 0.05) is 5.56 Å². The zero-order valence-corrected chi connectivity index (χ0v) is 7.94. The number of alkyl halides is 2. The van der Waals surface area contributed by atoms with Crippen LogP contribution in [-0.4, -0.2) is 16.1 Å². The van der Waals surface area contributed by atoms with E-state index in [0.717, 1.165) is 6.07 Å². The SMILES string of the molecule is N#Cc1nc(C(F)F)c(N)cc1CC(=O)O. The minimum Gasteiger partial charge on any atom is -0.481 e. The lowest BCUT2D eigenvalue weighted by Gasteiger charge is -2.07. The largest absolute Gasteiger partial charge is 0.481 e. The van der Waals surface area contributed by atoms with Crippen LogP contribution in [0.1, 0.15) is 23.4 Å². The Hall–Kier alpha value is -2.23. The summed E-state index contributed by atoms with van der Waals surface area (Å²) in [6, 6.07) is 2.60. The van der Waals surface area contributed by atoms with Crippen LogP contribution in [0.25, 0.3) is 0 Å². The van der Waals surface area contributed by atoms with E-state index in [0.29, 0.717) is 0 Å². The molecule has 0 radical (unpaired) electrons. The van der Waals surface area contributed by atoms with E-state index in [1.807, 2.05) is 0 Å². The molecule has 0 aliphatic carbocycles. The van der Waals surface area contributed by atoms with Crippen LogP contribution >= 0.6 is 0 Å². The number of pyridine rings is 1. The smallest absolute Gasteiger partial charge is 0.307 e. The molecular weight excluding hydrogens is 220 g/mol. The van der Waals surface area contributed by atoms with Gasteiger partial charge in [0.05, 0.1) is 12.1 Å². The summed E-state index contributed by atoms with van der Waals surface area (Å²) in [6.07, 6.45) is -3.38. The summed E-state index contributed by atoms with van der Waals surface area (Å²) in [5.74, 6) is -1.19. The number of carboxylic acid groups (broad SMARTS) is 1. The van der Waals surface area contributed by atoms with Crippen molar-refractivity contribution in [2.24, 2.45) is 0 Å². The monoisotopic (exact) mass is 227 g/mol. The van der Waals surface area contributed by atoms with Gasteiger partial charge in [0.2, 0.25) is 0 Å². The first-order chi connectivity index (χ1) is 7.45. The predicted octanol–water partition coefficient (Wildman–Crippen LogP) is 1.10. The van der Waals surface area contributed by atoms with Crippen molar-refractivity contribution in [3.63, 3.8) is 0 Å². The lowest BCUT2D eigenvalue weighted by molar-refractivity contribution is -0.136. The summed E-state index contributed by atoms with van der Waals surface area (Å²) in [6.45, 7) is 0. The number of nitrogen functional groups attached to an aromatic ring is 1. The van der Waals surface area contributed by atoms with E-state index in [2.05, 4.69) is 4.98 Å². The lowest BCUT2D eigenvalue weighted by atomic mass is 10.1. The van der Waals surface area contributed by atoms with Crippen LogP contribution in [0.5, 0.6) is 0 Å². The summed E-state index contributed by atoms with van der Waals surface area (Å²) in [7, 11) is 0. The van der Waals surface area contributed by atoms with Crippen LogP contribution in [0.4, 0.5) is 14.5 Å². The molecule has 0 aliphatic heterocycles. The molecule has 0 bridgehead atoms. The molecule has 1 rings (SSSR count). The number of nitriles is 1. The molecule has 1 heterocycles. The quantitative estimate of drug-likeness (QED) is 0.805. The van der Waals surface area contributed by atoms with Gasteiger partial charge >= 0.3 is 5.97 Å². The number of hydrogen-bond acceptors (Lipinski definition) is 4. The number of aromatic nitrogens is 1. The van der Waals surface area contributed by atoms with Gasteiger partial charge in [-0.2, -0.15) is 5.26 Å². The summed E-state index contributed by atoms with van der Waals surface area (Å²) in [5, 5.41) is 17.2. The molecule has 3 N–H and O–H groups in total. The second kappa shape index (κ2) is 4.53. The third-order valence-electron chi connectivity index (χ3n) is 1.82. The second-order valence-corrected chi connectivity index (χ2v) is 2.95. The van der Waals surface area contributed by atoms with Gasteiger partial charge < -0.3 is 10.8 Å². The molecule has 0 unspecified atom stereocenters. The van der Waals surface area contributed by atoms with Crippen LogP contribution in [-0.2, 0) is 11.2 Å². The van der Waals surface area contributed by atoms with Gasteiger partial charge in [-0.25, -0.2) is 13.8 Å². The Morgan fingerprint density at radius 2 is 2.31 bits per heavy atom. The molecule has 1 aromatic rings. The number of carbonyl (C=O) groups is 1. The normalized spacial score (nSPS) is 10.1. The van der Waals surface area contributed by atoms with Gasteiger partial charge in [-0.05, 0) is 6.07 Å². The second-order valence-electron chi connectivity index (χ2n) is 2.95. The highest BCUT2D eigenvalue weighted by atomic mass is 19.3. The Bertz CT molecular complexity index is 469. The summed E-state index contributed by atoms with van der Waals surface area (Å²) in [5.41, 5.74) is 3.94. The molecule has 5 nitrogen and oxygen atoms in total. The van der Waals surface area contributed by atoms with Crippen molar-refractivity contribution in [1.82, 2.24) is 4.98 Å². The number of rotatable bonds is 3. The fourth-order valence-electron chi connectivity index (χ4n) is 1.16. The van der Waals surface area contributed by atoms with Crippen molar-refractivity contribution in [2.45, 2.75) is 12.8 Å². The lowest BCUT2D eigenvalue weighted by Crippen LogP contribution is -2.08. The van der Waals surface area contributed by atoms with Crippen molar-refractivity contribution in [3.05, 3.63) is 23.0 Å². The number of anilines is 1. The highest BCUT2D eigenvalue weighted by Gasteiger charge is 2.18. The van der Waals surface area contributed by atoms with Gasteiger partial charge in [0.1, 0.15) is 17.5 Å². The average Bonchev–Trinajstić information content (AvgIpc) is 2.16. The minimum absolute atomic E-state index is 0.0249. The van der Waals surface area contributed by atoms with Crippen LogP contribution in [0.15, 0.2) is 6.07 Å². The summed E-state index contributed by atoms with van der Waals surface area (Å²) < 4.78 is 24.7. The number of nitrogens with two attached hydrogens (primary N) is 1. The predicted molar refractivity (Wildman–Crippen MR) is 49.7 cm³/mol. The van der Waals surface area contributed by atoms with Crippen molar-refractivity contribution in [1.29, 1.82) is 5.26 Å². The van der Waals surface area contributed by atoms with Crippen molar-refractivity contribution < 1.29 is 18.7 Å². The third kappa shape index (κ3) is 2.42. The maximum Gasteiger partial charge on any atom is 0.307 e. The first-order valence-corrected chi connectivity index (χ1v) is 4.15. The number of halogens is 2. The van der Waals surface area contributed by atoms with Gasteiger partial charge in [0.25, 0.3) is 6.43 Å². The Balaban J connectivity index is 3.27. The van der Waals surface area contributed by atoms with Crippen molar-refractivity contribution in [2.75, 3.05) is 5.73 Å². The number of nitrogens with zero attached hydrogens (tertiary/aromatic N) is 2. The molecule has 0 fully saturated rings. The number of aliphatic carboxylic acids is 1. The fourth-order valence-corrected chi connectivity index (χ4v) is 1.16. The van der Waals surface area contributed by atoms with Gasteiger partial charge in [-0.1, -0.05) is 0 Å². The Morgan fingerprint density at radius 3 is 2.75 bits per heavy atom. The molecule has 0 saturated heterocycles. The third-order valence-corrected chi connectivity index (χ3v) is 1.82. The van der Waals surface area contributed by atoms with Crippen molar-refractivity contribution in [3.8, 4) is 6.07 Å². The molecule has 0 spiro atoms. The first-order valence-electron chi connectivity index (χ1n) is 4.15.